The maximum Gasteiger partial charge on any atom is 0.257 e. The van der Waals surface area contributed by atoms with Crippen molar-refractivity contribution in [2.24, 2.45) is 0 Å². The molecule has 2 aromatic rings. The number of anilines is 2. The first kappa shape index (κ1) is 12.5. The monoisotopic (exact) mass is 260 g/mol. The summed E-state index contributed by atoms with van der Waals surface area (Å²) in [5, 5.41) is 3.23. The highest BCUT2D eigenvalue weighted by Gasteiger charge is 2.11. The highest BCUT2D eigenvalue weighted by molar-refractivity contribution is 6.34. The molecule has 2 aromatic carbocycles. The van der Waals surface area contributed by atoms with Crippen LogP contribution in [0, 0.1) is 6.92 Å². The summed E-state index contributed by atoms with van der Waals surface area (Å²) < 4.78 is 0. The van der Waals surface area contributed by atoms with Gasteiger partial charge in [0, 0.05) is 5.69 Å². The van der Waals surface area contributed by atoms with Gasteiger partial charge in [0.25, 0.3) is 5.91 Å². The predicted molar refractivity (Wildman–Crippen MR) is 75.0 cm³/mol. The molecule has 3 N–H and O–H groups in total. The van der Waals surface area contributed by atoms with E-state index < -0.39 is 0 Å². The number of rotatable bonds is 2. The highest BCUT2D eigenvalue weighted by atomic mass is 35.5. The van der Waals surface area contributed by atoms with Gasteiger partial charge in [0.1, 0.15) is 0 Å². The lowest BCUT2D eigenvalue weighted by atomic mass is 10.1. The van der Waals surface area contributed by atoms with Crippen molar-refractivity contribution in [3.05, 3.63) is 58.6 Å². The molecule has 0 atom stereocenters. The molecule has 0 aromatic heterocycles. The Bertz CT molecular complexity index is 596. The van der Waals surface area contributed by atoms with Crippen molar-refractivity contribution in [2.75, 3.05) is 11.1 Å². The van der Waals surface area contributed by atoms with Crippen LogP contribution in [0.1, 0.15) is 15.9 Å². The van der Waals surface area contributed by atoms with E-state index in [0.29, 0.717) is 22.0 Å². The summed E-state index contributed by atoms with van der Waals surface area (Å²) in [6.07, 6.45) is 0. The molecule has 0 unspecified atom stereocenters. The molecule has 0 aliphatic carbocycles. The summed E-state index contributed by atoms with van der Waals surface area (Å²) in [7, 11) is 0. The number of nitrogens with two attached hydrogens (primary N) is 1. The van der Waals surface area contributed by atoms with Gasteiger partial charge in [-0.2, -0.15) is 0 Å². The van der Waals surface area contributed by atoms with E-state index in [1.54, 1.807) is 36.4 Å². The fourth-order valence-corrected chi connectivity index (χ4v) is 1.82. The van der Waals surface area contributed by atoms with Crippen LogP contribution in [0.2, 0.25) is 5.02 Å². The third-order valence-electron chi connectivity index (χ3n) is 2.57. The van der Waals surface area contributed by atoms with Crippen molar-refractivity contribution < 1.29 is 4.79 Å². The summed E-state index contributed by atoms with van der Waals surface area (Å²) in [6, 6.07) is 12.4. The molecule has 4 heteroatoms. The Morgan fingerprint density at radius 2 is 1.94 bits per heavy atom. The van der Waals surface area contributed by atoms with Crippen LogP contribution in [-0.4, -0.2) is 5.91 Å². The second-order valence-corrected chi connectivity index (χ2v) is 4.43. The number of amides is 1. The summed E-state index contributed by atoms with van der Waals surface area (Å²) in [6.45, 7) is 1.92. The number of halogens is 1. The zero-order chi connectivity index (χ0) is 13.1. The summed E-state index contributed by atoms with van der Waals surface area (Å²) in [5.74, 6) is -0.263. The van der Waals surface area contributed by atoms with Gasteiger partial charge in [-0.15, -0.1) is 0 Å². The van der Waals surface area contributed by atoms with Gasteiger partial charge in [-0.05, 0) is 36.8 Å². The topological polar surface area (TPSA) is 55.1 Å². The van der Waals surface area contributed by atoms with Crippen LogP contribution >= 0.6 is 11.6 Å². The molecule has 0 bridgehead atoms. The van der Waals surface area contributed by atoms with Gasteiger partial charge in [0.15, 0.2) is 0 Å². The molecule has 2 rings (SSSR count). The average Bonchev–Trinajstić information content (AvgIpc) is 2.32. The first-order chi connectivity index (χ1) is 8.58. The third kappa shape index (κ3) is 2.63. The molecule has 0 aliphatic rings. The van der Waals surface area contributed by atoms with Crippen LogP contribution in [0.25, 0.3) is 0 Å². The van der Waals surface area contributed by atoms with Crippen molar-refractivity contribution in [1.29, 1.82) is 0 Å². The van der Waals surface area contributed by atoms with E-state index >= 15 is 0 Å². The van der Waals surface area contributed by atoms with Crippen molar-refractivity contribution in [2.45, 2.75) is 6.92 Å². The predicted octanol–water partition coefficient (Wildman–Crippen LogP) is 3.48. The summed E-state index contributed by atoms with van der Waals surface area (Å²) in [5.41, 5.74) is 8.31. The number of aryl methyl sites for hydroxylation is 1. The molecular formula is C14H13ClN2O. The first-order valence-corrected chi connectivity index (χ1v) is 5.88. The van der Waals surface area contributed by atoms with E-state index in [1.165, 1.54) is 0 Å². The van der Waals surface area contributed by atoms with Crippen LogP contribution in [-0.2, 0) is 0 Å². The lowest BCUT2D eigenvalue weighted by molar-refractivity contribution is 0.102. The summed E-state index contributed by atoms with van der Waals surface area (Å²) in [4.78, 5) is 12.0. The van der Waals surface area contributed by atoms with Crippen molar-refractivity contribution in [3.8, 4) is 0 Å². The van der Waals surface area contributed by atoms with Crippen molar-refractivity contribution in [1.82, 2.24) is 0 Å². The standard InChI is InChI=1S/C14H13ClN2O/c1-9-6-7-10(12(16)8-9)14(18)17-13-5-3-2-4-11(13)15/h2-8H,16H2,1H3,(H,17,18). The number of hydrogen-bond acceptors (Lipinski definition) is 2. The minimum Gasteiger partial charge on any atom is -0.398 e. The lowest BCUT2D eigenvalue weighted by Gasteiger charge is -2.09. The molecule has 0 aliphatic heterocycles. The van der Waals surface area contributed by atoms with Crippen LogP contribution in [0.15, 0.2) is 42.5 Å². The van der Waals surface area contributed by atoms with Gasteiger partial charge in [-0.1, -0.05) is 29.8 Å². The SMILES string of the molecule is Cc1ccc(C(=O)Nc2ccccc2Cl)c(N)c1. The quantitative estimate of drug-likeness (QED) is 0.812. The number of hydrogen-bond donors (Lipinski definition) is 2. The van der Waals surface area contributed by atoms with Gasteiger partial charge in [-0.25, -0.2) is 0 Å². The van der Waals surface area contributed by atoms with Crippen molar-refractivity contribution >= 4 is 28.9 Å². The van der Waals surface area contributed by atoms with Crippen molar-refractivity contribution in [3.63, 3.8) is 0 Å². The van der Waals surface area contributed by atoms with Gasteiger partial charge >= 0.3 is 0 Å². The van der Waals surface area contributed by atoms with E-state index in [9.17, 15) is 4.79 Å². The Hall–Kier alpha value is -2.00. The number of nitrogens with one attached hydrogen (secondary N) is 1. The van der Waals surface area contributed by atoms with Gasteiger partial charge < -0.3 is 11.1 Å². The molecule has 92 valence electrons. The fourth-order valence-electron chi connectivity index (χ4n) is 1.64. The number of carbonyl (C=O) groups is 1. The molecule has 18 heavy (non-hydrogen) atoms. The van der Waals surface area contributed by atoms with Gasteiger partial charge in [0.05, 0.1) is 16.3 Å². The smallest absolute Gasteiger partial charge is 0.257 e. The maximum atomic E-state index is 12.0. The molecule has 0 saturated heterocycles. The van der Waals surface area contributed by atoms with E-state index in [-0.39, 0.29) is 5.91 Å². The molecule has 0 radical (unpaired) electrons. The molecule has 1 amide bonds. The van der Waals surface area contributed by atoms with E-state index in [1.807, 2.05) is 13.0 Å². The van der Waals surface area contributed by atoms with Crippen LogP contribution in [0.4, 0.5) is 11.4 Å². The van der Waals surface area contributed by atoms with E-state index in [2.05, 4.69) is 5.32 Å². The second-order valence-electron chi connectivity index (χ2n) is 4.02. The zero-order valence-corrected chi connectivity index (χ0v) is 10.7. The molecule has 0 spiro atoms. The maximum absolute atomic E-state index is 12.0. The molecule has 0 heterocycles. The first-order valence-electron chi connectivity index (χ1n) is 5.50. The fraction of sp³-hybridized carbons (Fsp3) is 0.0714. The third-order valence-corrected chi connectivity index (χ3v) is 2.90. The van der Waals surface area contributed by atoms with E-state index in [4.69, 9.17) is 17.3 Å². The number of para-hydroxylation sites is 1. The number of benzene rings is 2. The minimum absolute atomic E-state index is 0.263. The normalized spacial score (nSPS) is 10.1. The number of nitrogen functional groups attached to an aromatic ring is 1. The number of carbonyl (C=O) groups excluding carboxylic acids is 1. The highest BCUT2D eigenvalue weighted by Crippen LogP contribution is 2.22. The Balaban J connectivity index is 2.25. The summed E-state index contributed by atoms with van der Waals surface area (Å²) >= 11 is 5.97. The molecule has 3 nitrogen and oxygen atoms in total. The second kappa shape index (κ2) is 5.10. The van der Waals surface area contributed by atoms with Crippen LogP contribution in [0.3, 0.4) is 0 Å². The largest absolute Gasteiger partial charge is 0.398 e. The van der Waals surface area contributed by atoms with Gasteiger partial charge in [-0.3, -0.25) is 4.79 Å². The average molecular weight is 261 g/mol. The molecule has 0 saturated carbocycles. The Morgan fingerprint density at radius 1 is 1.22 bits per heavy atom. The minimum atomic E-state index is -0.263. The van der Waals surface area contributed by atoms with Crippen LogP contribution in [0.5, 0.6) is 0 Å². The Labute approximate surface area is 111 Å². The molecular weight excluding hydrogens is 248 g/mol. The van der Waals surface area contributed by atoms with Gasteiger partial charge in [0.2, 0.25) is 0 Å². The van der Waals surface area contributed by atoms with Crippen LogP contribution < -0.4 is 11.1 Å². The molecule has 0 fully saturated rings. The Kier molecular flexibility index (Phi) is 3.53. The Morgan fingerprint density at radius 3 is 2.61 bits per heavy atom. The zero-order valence-electron chi connectivity index (χ0n) is 9.91. The lowest BCUT2D eigenvalue weighted by Crippen LogP contribution is -2.14. The van der Waals surface area contributed by atoms with E-state index in [0.717, 1.165) is 5.56 Å².